The van der Waals surface area contributed by atoms with E-state index in [0.717, 1.165) is 29.3 Å². The summed E-state index contributed by atoms with van der Waals surface area (Å²) in [4.78, 5) is 24.2. The number of amides is 1. The molecule has 0 unspecified atom stereocenters. The van der Waals surface area contributed by atoms with E-state index in [-0.39, 0.29) is 41.7 Å². The molecular formula is C32H41F3N6O4S2. The molecule has 2 heterocycles. The van der Waals surface area contributed by atoms with Crippen LogP contribution in [-0.4, -0.2) is 78.9 Å². The number of carbonyl (C=O) groups excluding carboxylic acids is 1. The van der Waals surface area contributed by atoms with Crippen LogP contribution < -0.4 is 10.0 Å². The molecule has 256 valence electrons. The molecule has 1 aromatic heterocycles. The zero-order chi connectivity index (χ0) is 34.6. The van der Waals surface area contributed by atoms with Crippen LogP contribution in [0.25, 0.3) is 0 Å². The second-order valence-electron chi connectivity index (χ2n) is 12.6. The molecule has 4 rings (SSSR count). The maximum atomic E-state index is 13.8. The highest BCUT2D eigenvalue weighted by Crippen LogP contribution is 2.33. The van der Waals surface area contributed by atoms with Crippen molar-refractivity contribution < 1.29 is 31.1 Å². The maximum absolute atomic E-state index is 13.8. The van der Waals surface area contributed by atoms with E-state index >= 15 is 0 Å². The van der Waals surface area contributed by atoms with Crippen LogP contribution in [0.2, 0.25) is 0 Å². The zero-order valence-corrected chi connectivity index (χ0v) is 28.9. The summed E-state index contributed by atoms with van der Waals surface area (Å²) in [6.07, 6.45) is -4.78. The lowest BCUT2D eigenvalue weighted by atomic mass is 10.1. The molecule has 2 N–H and O–H groups in total. The normalized spacial score (nSPS) is 14.5. The van der Waals surface area contributed by atoms with E-state index in [1.807, 2.05) is 32.3 Å². The van der Waals surface area contributed by atoms with Crippen molar-refractivity contribution in [2.45, 2.75) is 74.7 Å². The predicted molar refractivity (Wildman–Crippen MR) is 177 cm³/mol. The highest BCUT2D eigenvalue weighted by molar-refractivity contribution is 7.99. The summed E-state index contributed by atoms with van der Waals surface area (Å²) in [6.45, 7) is 7.45. The minimum Gasteiger partial charge on any atom is -0.444 e. The van der Waals surface area contributed by atoms with E-state index < -0.39 is 39.5 Å². The Labute approximate surface area is 278 Å². The van der Waals surface area contributed by atoms with E-state index in [1.165, 1.54) is 17.0 Å². The summed E-state index contributed by atoms with van der Waals surface area (Å²) >= 11 is 1.72. The number of hydrogen-bond acceptors (Lipinski definition) is 9. The van der Waals surface area contributed by atoms with Crippen LogP contribution in [0.5, 0.6) is 0 Å². The number of halogens is 3. The standard InChI is InChI=1S/C32H41F3N6O4S2/c1-21-18-24(12-13-26(21)36-22(14-16-40(5)6)20-46-23-10-8-7-9-11-23)47(43,44)39-28-25-15-17-41(30(42)45-31(2,3)4)19-27(25)37-29(38-28)32(33,34)35/h7-13,18,22,36H,14-17,19-20H2,1-6H3,(H,37,38,39)/t22-/m1/s1. The zero-order valence-electron chi connectivity index (χ0n) is 27.3. The van der Waals surface area contributed by atoms with Crippen LogP contribution in [-0.2, 0) is 33.9 Å². The number of rotatable bonds is 11. The van der Waals surface area contributed by atoms with Gasteiger partial charge < -0.3 is 19.9 Å². The molecular weight excluding hydrogens is 654 g/mol. The van der Waals surface area contributed by atoms with Gasteiger partial charge in [-0.05, 0) is 97.1 Å². The molecule has 0 fully saturated rings. The van der Waals surface area contributed by atoms with Crippen LogP contribution in [0.3, 0.4) is 0 Å². The molecule has 1 aliphatic heterocycles. The Balaban J connectivity index is 1.56. The highest BCUT2D eigenvalue weighted by atomic mass is 32.2. The third-order valence-electron chi connectivity index (χ3n) is 7.19. The van der Waals surface area contributed by atoms with Crippen molar-refractivity contribution >= 4 is 39.4 Å². The topological polar surface area (TPSA) is 117 Å². The summed E-state index contributed by atoms with van der Waals surface area (Å²) in [5.41, 5.74) is 0.688. The number of aromatic nitrogens is 2. The monoisotopic (exact) mass is 694 g/mol. The number of nitrogens with one attached hydrogen (secondary N) is 2. The predicted octanol–water partition coefficient (Wildman–Crippen LogP) is 6.42. The molecule has 3 aromatic rings. The van der Waals surface area contributed by atoms with Crippen LogP contribution in [0, 0.1) is 6.92 Å². The third kappa shape index (κ3) is 10.2. The SMILES string of the molecule is Cc1cc(S(=O)(=O)Nc2nc(C(F)(F)F)nc3c2CCN(C(=O)OC(C)(C)C)C3)ccc1N[C@H](CCN(C)C)CSc1ccccc1. The molecule has 10 nitrogen and oxygen atoms in total. The molecule has 2 aromatic carbocycles. The van der Waals surface area contributed by atoms with Crippen molar-refractivity contribution in [2.24, 2.45) is 0 Å². The van der Waals surface area contributed by atoms with Gasteiger partial charge in [0.25, 0.3) is 10.0 Å². The van der Waals surface area contributed by atoms with E-state index in [1.54, 1.807) is 45.5 Å². The fourth-order valence-corrected chi connectivity index (χ4v) is 6.93. The van der Waals surface area contributed by atoms with Gasteiger partial charge in [0.1, 0.15) is 11.4 Å². The second-order valence-corrected chi connectivity index (χ2v) is 15.4. The molecule has 47 heavy (non-hydrogen) atoms. The van der Waals surface area contributed by atoms with Gasteiger partial charge in [-0.2, -0.15) is 13.2 Å². The summed E-state index contributed by atoms with van der Waals surface area (Å²) in [7, 11) is -0.344. The summed E-state index contributed by atoms with van der Waals surface area (Å²) < 4.78 is 76.1. The number of anilines is 2. The Morgan fingerprint density at radius 2 is 1.81 bits per heavy atom. The first-order valence-electron chi connectivity index (χ1n) is 15.1. The van der Waals surface area contributed by atoms with E-state index in [0.29, 0.717) is 5.56 Å². The average molecular weight is 695 g/mol. The van der Waals surface area contributed by atoms with Gasteiger partial charge in [-0.25, -0.2) is 23.2 Å². The quantitative estimate of drug-likeness (QED) is 0.219. The minimum atomic E-state index is -4.95. The Morgan fingerprint density at radius 3 is 2.43 bits per heavy atom. The molecule has 0 saturated heterocycles. The van der Waals surface area contributed by atoms with Gasteiger partial charge in [0.05, 0.1) is 17.1 Å². The van der Waals surface area contributed by atoms with Gasteiger partial charge in [-0.3, -0.25) is 4.72 Å². The minimum absolute atomic E-state index is 0.0295. The van der Waals surface area contributed by atoms with E-state index in [9.17, 15) is 26.4 Å². The summed E-state index contributed by atoms with van der Waals surface area (Å²) in [5.74, 6) is -1.19. The van der Waals surface area contributed by atoms with Crippen molar-refractivity contribution in [2.75, 3.05) is 43.0 Å². The lowest BCUT2D eigenvalue weighted by Gasteiger charge is -2.31. The van der Waals surface area contributed by atoms with Crippen LogP contribution in [0.15, 0.2) is 58.3 Å². The highest BCUT2D eigenvalue weighted by Gasteiger charge is 2.38. The van der Waals surface area contributed by atoms with Gasteiger partial charge in [0.15, 0.2) is 0 Å². The second kappa shape index (κ2) is 14.7. The van der Waals surface area contributed by atoms with E-state index in [4.69, 9.17) is 4.74 Å². The first-order valence-corrected chi connectivity index (χ1v) is 17.6. The first kappa shape index (κ1) is 36.3. The number of alkyl halides is 3. The Hall–Kier alpha value is -3.56. The largest absolute Gasteiger partial charge is 0.451 e. The Kier molecular flexibility index (Phi) is 11.3. The number of nitrogens with zero attached hydrogens (tertiary/aromatic N) is 4. The van der Waals surface area contributed by atoms with Gasteiger partial charge >= 0.3 is 12.3 Å². The van der Waals surface area contributed by atoms with Crippen molar-refractivity contribution in [3.8, 4) is 0 Å². The number of benzene rings is 2. The third-order valence-corrected chi connectivity index (χ3v) is 9.70. The van der Waals surface area contributed by atoms with Crippen molar-refractivity contribution in [3.05, 3.63) is 71.2 Å². The number of carbonyl (C=O) groups is 1. The molecule has 0 spiro atoms. The fourth-order valence-electron chi connectivity index (χ4n) is 4.82. The molecule has 1 amide bonds. The maximum Gasteiger partial charge on any atom is 0.451 e. The summed E-state index contributed by atoms with van der Waals surface area (Å²) in [5, 5.41) is 3.54. The van der Waals surface area contributed by atoms with Crippen LogP contribution in [0.1, 0.15) is 49.8 Å². The molecule has 15 heteroatoms. The van der Waals surface area contributed by atoms with E-state index in [2.05, 4.69) is 37.0 Å². The van der Waals surface area contributed by atoms with Crippen molar-refractivity contribution in [1.82, 2.24) is 19.8 Å². The van der Waals surface area contributed by atoms with Crippen LogP contribution >= 0.6 is 11.8 Å². The van der Waals surface area contributed by atoms with Gasteiger partial charge in [0.2, 0.25) is 5.82 Å². The fraction of sp³-hybridized carbons (Fsp3) is 0.469. The van der Waals surface area contributed by atoms with Gasteiger partial charge in [0, 0.05) is 34.5 Å². The number of thioether (sulfide) groups is 1. The molecule has 1 aliphatic rings. The van der Waals surface area contributed by atoms with Gasteiger partial charge in [-0.1, -0.05) is 18.2 Å². The number of fused-ring (bicyclic) bond motifs is 1. The molecule has 1 atom stereocenters. The lowest BCUT2D eigenvalue weighted by molar-refractivity contribution is -0.145. The Bertz CT molecular complexity index is 1670. The Morgan fingerprint density at radius 1 is 1.11 bits per heavy atom. The van der Waals surface area contributed by atoms with Crippen molar-refractivity contribution in [3.63, 3.8) is 0 Å². The van der Waals surface area contributed by atoms with Crippen LogP contribution in [0.4, 0.5) is 29.5 Å². The smallest absolute Gasteiger partial charge is 0.444 e. The first-order chi connectivity index (χ1) is 21.9. The lowest BCUT2D eigenvalue weighted by Crippen LogP contribution is -2.41. The molecule has 0 aliphatic carbocycles. The number of aryl methyl sites for hydroxylation is 1. The molecule has 0 radical (unpaired) electrons. The molecule has 0 saturated carbocycles. The average Bonchev–Trinajstić information content (AvgIpc) is 2.98. The number of sulfonamides is 1. The van der Waals surface area contributed by atoms with Crippen molar-refractivity contribution in [1.29, 1.82) is 0 Å². The number of ether oxygens (including phenoxy) is 1. The van der Waals surface area contributed by atoms with Gasteiger partial charge in [-0.15, -0.1) is 11.8 Å². The number of hydrogen-bond donors (Lipinski definition) is 2. The summed E-state index contributed by atoms with van der Waals surface area (Å²) in [6, 6.07) is 14.7. The molecule has 0 bridgehead atoms.